The minimum Gasteiger partial charge on any atom is -0.103 e. The third-order valence-electron chi connectivity index (χ3n) is 2.44. The van der Waals surface area contributed by atoms with Gasteiger partial charge in [0.05, 0.1) is 0 Å². The van der Waals surface area contributed by atoms with E-state index in [2.05, 4.69) is 13.1 Å². The summed E-state index contributed by atoms with van der Waals surface area (Å²) in [5.74, 6) is 0. The van der Waals surface area contributed by atoms with Gasteiger partial charge in [0.2, 0.25) is 0 Å². The highest BCUT2D eigenvalue weighted by molar-refractivity contribution is 7.02. The summed E-state index contributed by atoms with van der Waals surface area (Å²) in [7, 11) is 1.40. The maximum atomic E-state index is 3.74. The molecule has 0 fully saturated rings. The van der Waals surface area contributed by atoms with Gasteiger partial charge in [-0.15, -0.1) is 6.58 Å². The molecule has 0 spiro atoms. The van der Waals surface area contributed by atoms with E-state index in [4.69, 9.17) is 0 Å². The second kappa shape index (κ2) is 10.3. The Morgan fingerprint density at radius 1 is 1.08 bits per heavy atom. The Bertz CT molecular complexity index is 111. The van der Waals surface area contributed by atoms with Gasteiger partial charge in [-0.25, -0.2) is 0 Å². The summed E-state index contributed by atoms with van der Waals surface area (Å²) in [4.78, 5) is 0. The van der Waals surface area contributed by atoms with Crippen molar-refractivity contribution >= 4 is 18.1 Å². The van der Waals surface area contributed by atoms with E-state index in [1.807, 2.05) is 6.08 Å². The summed E-state index contributed by atoms with van der Waals surface area (Å²) in [6.07, 6.45) is 12.0. The largest absolute Gasteiger partial charge is 0.103 e. The summed E-state index contributed by atoms with van der Waals surface area (Å²) in [6, 6.07) is 1.61. The Labute approximate surface area is 88.6 Å². The maximum absolute atomic E-state index is 3.74. The Morgan fingerprint density at radius 2 is 1.62 bits per heavy atom. The van der Waals surface area contributed by atoms with Crippen LogP contribution in [0.25, 0.3) is 0 Å². The first-order chi connectivity index (χ1) is 6.27. The van der Waals surface area contributed by atoms with E-state index in [0.29, 0.717) is 0 Å². The van der Waals surface area contributed by atoms with Crippen molar-refractivity contribution in [2.75, 3.05) is 0 Å². The molecule has 0 aromatic rings. The number of hydrogen-bond donors (Lipinski definition) is 0. The van der Waals surface area contributed by atoms with Gasteiger partial charge >= 0.3 is 0 Å². The predicted octanol–water partition coefficient (Wildman–Crippen LogP) is 2.62. The van der Waals surface area contributed by atoms with Crippen molar-refractivity contribution in [1.82, 2.24) is 0 Å². The second-order valence-corrected chi connectivity index (χ2v) is 13.7. The van der Waals surface area contributed by atoms with Crippen molar-refractivity contribution in [3.8, 4) is 0 Å². The fraction of sp³-hybridized carbons (Fsp3) is 0.818. The molecule has 0 N–H and O–H groups in total. The highest BCUT2D eigenvalue weighted by Gasteiger charge is 1.95. The van der Waals surface area contributed by atoms with Gasteiger partial charge < -0.3 is 0 Å². The Kier molecular flexibility index (Phi) is 10.4. The van der Waals surface area contributed by atoms with E-state index in [-0.39, 0.29) is 8.31 Å². The molecule has 0 aromatic carbocycles. The normalized spacial score (nSPS) is 13.0. The molecule has 78 valence electrons. The third-order valence-corrected chi connectivity index (χ3v) is 5.73. The first kappa shape index (κ1) is 13.2. The van der Waals surface area contributed by atoms with E-state index in [1.165, 1.54) is 54.7 Å². The molecule has 0 rings (SSSR count). The van der Waals surface area contributed by atoms with Gasteiger partial charge in [0, 0.05) is 8.31 Å². The number of allylic oxidation sites excluding steroid dienone is 1. The lowest BCUT2D eigenvalue weighted by Crippen LogP contribution is -2.04. The lowest BCUT2D eigenvalue weighted by molar-refractivity contribution is 0.611. The van der Waals surface area contributed by atoms with E-state index >= 15 is 0 Å². The molecule has 1 atom stereocenters. The summed E-state index contributed by atoms with van der Waals surface area (Å²) in [5, 5.41) is 0. The average molecular weight is 215 g/mol. The molecular formula is C11H26Si2. The van der Waals surface area contributed by atoms with E-state index in [9.17, 15) is 0 Å². The van der Waals surface area contributed by atoms with Gasteiger partial charge in [-0.05, 0) is 22.6 Å². The topological polar surface area (TPSA) is 0 Å². The number of hydrogen-bond acceptors (Lipinski definition) is 0. The molecule has 0 aromatic heterocycles. The molecule has 2 heteroatoms. The summed E-state index contributed by atoms with van der Waals surface area (Å²) >= 11 is 0. The molecule has 0 radical (unpaired) electrons. The van der Waals surface area contributed by atoms with Crippen LogP contribution in [0.15, 0.2) is 12.7 Å². The molecule has 0 aliphatic carbocycles. The van der Waals surface area contributed by atoms with Gasteiger partial charge in [0.15, 0.2) is 0 Å². The van der Waals surface area contributed by atoms with Gasteiger partial charge in [-0.3, -0.25) is 0 Å². The molecule has 0 nitrogen and oxygen atoms in total. The summed E-state index contributed by atoms with van der Waals surface area (Å²) in [6.45, 7) is 6.25. The quantitative estimate of drug-likeness (QED) is 0.314. The van der Waals surface area contributed by atoms with Gasteiger partial charge in [0.25, 0.3) is 0 Å². The van der Waals surface area contributed by atoms with E-state index in [1.54, 1.807) is 6.04 Å². The molecule has 0 saturated heterocycles. The Hall–Kier alpha value is 0.174. The fourth-order valence-corrected chi connectivity index (χ4v) is 3.88. The monoisotopic (exact) mass is 214 g/mol. The van der Waals surface area contributed by atoms with Crippen LogP contribution in [0.2, 0.25) is 12.6 Å². The highest BCUT2D eigenvalue weighted by atomic mass is 29.1. The zero-order valence-corrected chi connectivity index (χ0v) is 12.7. The lowest BCUT2D eigenvalue weighted by Gasteiger charge is -2.02. The molecule has 0 aliphatic heterocycles. The first-order valence-electron chi connectivity index (χ1n) is 5.88. The maximum Gasteiger partial charge on any atom is 0.0171 e. The van der Waals surface area contributed by atoms with Crippen LogP contribution in [-0.2, 0) is 0 Å². The lowest BCUT2D eigenvalue weighted by atomic mass is 10.1. The van der Waals surface area contributed by atoms with E-state index < -0.39 is 0 Å². The van der Waals surface area contributed by atoms with Crippen LogP contribution >= 0.6 is 0 Å². The zero-order valence-electron chi connectivity index (χ0n) is 9.52. The molecule has 0 saturated carbocycles. The molecule has 13 heavy (non-hydrogen) atoms. The van der Waals surface area contributed by atoms with E-state index in [0.717, 1.165) is 0 Å². The minimum atomic E-state index is -0.115. The fourth-order valence-electron chi connectivity index (χ4n) is 1.55. The van der Waals surface area contributed by atoms with Crippen molar-refractivity contribution < 1.29 is 0 Å². The second-order valence-electron chi connectivity index (χ2n) is 4.38. The van der Waals surface area contributed by atoms with Crippen LogP contribution in [0.4, 0.5) is 0 Å². The third kappa shape index (κ3) is 12.2. The molecule has 1 unspecified atom stereocenters. The van der Waals surface area contributed by atoms with Crippen LogP contribution in [0, 0.1) is 0 Å². The smallest absolute Gasteiger partial charge is 0.0171 e. The van der Waals surface area contributed by atoms with Gasteiger partial charge in [0.1, 0.15) is 0 Å². The van der Waals surface area contributed by atoms with Crippen molar-refractivity contribution in [3.05, 3.63) is 12.7 Å². The zero-order chi connectivity index (χ0) is 9.94. The molecule has 0 bridgehead atoms. The van der Waals surface area contributed by atoms with Crippen molar-refractivity contribution in [3.63, 3.8) is 0 Å². The average Bonchev–Trinajstić information content (AvgIpc) is 2.09. The van der Waals surface area contributed by atoms with Crippen molar-refractivity contribution in [2.24, 2.45) is 0 Å². The molecular weight excluding hydrogens is 188 g/mol. The molecule has 0 heterocycles. The minimum absolute atomic E-state index is 0.115. The van der Waals surface area contributed by atoms with Gasteiger partial charge in [-0.2, -0.15) is 0 Å². The Balaban J connectivity index is 2.87. The van der Waals surface area contributed by atoms with Crippen molar-refractivity contribution in [1.29, 1.82) is 0 Å². The summed E-state index contributed by atoms with van der Waals surface area (Å²) < 4.78 is 0. The molecule has 0 amide bonds. The number of rotatable bonds is 9. The van der Waals surface area contributed by atoms with Gasteiger partial charge in [-0.1, -0.05) is 50.8 Å². The van der Waals surface area contributed by atoms with Crippen LogP contribution in [-0.4, -0.2) is 18.1 Å². The standard InChI is InChI=1S/C11H26Si2/c1-3-4-5-6-7-8-9-10-11-13(2)12/h3,13H,1,4-11H2,2,12H3. The number of unbranched alkanes of at least 4 members (excludes halogenated alkanes) is 6. The molecule has 0 aliphatic rings. The van der Waals surface area contributed by atoms with Crippen LogP contribution < -0.4 is 0 Å². The summed E-state index contributed by atoms with van der Waals surface area (Å²) in [5.41, 5.74) is 0. The Morgan fingerprint density at radius 3 is 2.15 bits per heavy atom. The van der Waals surface area contributed by atoms with Crippen LogP contribution in [0.5, 0.6) is 0 Å². The highest BCUT2D eigenvalue weighted by Crippen LogP contribution is 2.09. The van der Waals surface area contributed by atoms with Crippen LogP contribution in [0.3, 0.4) is 0 Å². The SMILES string of the molecule is C=CCCCCCCCC[SiH](C)[SiH3]. The van der Waals surface area contributed by atoms with Crippen LogP contribution in [0.1, 0.15) is 44.9 Å². The van der Waals surface area contributed by atoms with Crippen molar-refractivity contribution in [2.45, 2.75) is 57.5 Å². The first-order valence-corrected chi connectivity index (χ1v) is 12.5. The predicted molar refractivity (Wildman–Crippen MR) is 70.3 cm³/mol.